The number of carbonyl (C=O) groups is 6. The number of Topliss-reactive ketones (excluding diaryl/α,β-unsaturated/α-hetero) is 1. The zero-order valence-electron chi connectivity index (χ0n) is 25.8. The van der Waals surface area contributed by atoms with Crippen molar-refractivity contribution in [2.45, 2.75) is 46.3 Å². The summed E-state index contributed by atoms with van der Waals surface area (Å²) in [7, 11) is 1.17. The lowest BCUT2D eigenvalue weighted by Crippen LogP contribution is -2.46. The third kappa shape index (κ3) is 13.0. The Bertz CT molecular complexity index is 1440. The van der Waals surface area contributed by atoms with E-state index in [0.29, 0.717) is 11.3 Å². The third-order valence-electron chi connectivity index (χ3n) is 6.34. The first-order valence-electron chi connectivity index (χ1n) is 14.1. The Kier molecular flexibility index (Phi) is 14.5. The predicted octanol–water partition coefficient (Wildman–Crippen LogP) is 3.22. The lowest BCUT2D eigenvalue weighted by Gasteiger charge is -2.23. The molecule has 0 aliphatic rings. The van der Waals surface area contributed by atoms with Crippen LogP contribution in [0.4, 0.5) is 16.2 Å². The molecular weight excluding hydrogens is 604 g/mol. The van der Waals surface area contributed by atoms with E-state index < -0.39 is 46.7 Å². The minimum Gasteiger partial charge on any atom is -0.466 e. The molecule has 0 unspecified atom stereocenters. The van der Waals surface area contributed by atoms with Crippen LogP contribution in [0.3, 0.4) is 0 Å². The maximum absolute atomic E-state index is 13.0. The summed E-state index contributed by atoms with van der Waals surface area (Å²) in [6.07, 6.45) is 0.683. The third-order valence-corrected chi connectivity index (χ3v) is 6.34. The van der Waals surface area contributed by atoms with Gasteiger partial charge >= 0.3 is 12.1 Å². The van der Waals surface area contributed by atoms with E-state index in [9.17, 15) is 38.9 Å². The number of non-ortho nitro benzene ring substituents is 1. The first-order chi connectivity index (χ1) is 21.8. The molecule has 0 heterocycles. The molecular formula is C31H36N4O11. The SMILES string of the molecule is COC(=O)/C=C\C(=O)NCCC(=O)N[C@H](C(=O)C[C@@H](C)C(=O)Nc1ccc(COC(=O)Oc2ccc([N+](=O)[O-])cc2)cc1)C(C)C. The molecule has 0 aromatic heterocycles. The highest BCUT2D eigenvalue weighted by atomic mass is 16.7. The number of ether oxygens (including phenoxy) is 3. The molecule has 0 spiro atoms. The summed E-state index contributed by atoms with van der Waals surface area (Å²) in [6.45, 7) is 4.95. The van der Waals surface area contributed by atoms with Gasteiger partial charge in [0, 0.05) is 55.3 Å². The van der Waals surface area contributed by atoms with Crippen molar-refractivity contribution in [3.8, 4) is 5.75 Å². The van der Waals surface area contributed by atoms with Gasteiger partial charge in [-0.2, -0.15) is 0 Å². The van der Waals surface area contributed by atoms with Crippen LogP contribution >= 0.6 is 0 Å². The highest BCUT2D eigenvalue weighted by Gasteiger charge is 2.27. The number of nitro groups is 1. The van der Waals surface area contributed by atoms with E-state index in [-0.39, 0.29) is 49.1 Å². The summed E-state index contributed by atoms with van der Waals surface area (Å²) in [4.78, 5) is 82.9. The van der Waals surface area contributed by atoms with Gasteiger partial charge in [0.05, 0.1) is 18.1 Å². The summed E-state index contributed by atoms with van der Waals surface area (Å²) in [5, 5.41) is 18.5. The normalized spacial score (nSPS) is 12.0. The van der Waals surface area contributed by atoms with Crippen molar-refractivity contribution in [3.63, 3.8) is 0 Å². The van der Waals surface area contributed by atoms with Gasteiger partial charge in [-0.1, -0.05) is 32.9 Å². The van der Waals surface area contributed by atoms with Crippen LogP contribution in [0.2, 0.25) is 0 Å². The molecule has 0 aliphatic heterocycles. The summed E-state index contributed by atoms with van der Waals surface area (Å²) < 4.78 is 14.4. The highest BCUT2D eigenvalue weighted by Crippen LogP contribution is 2.19. The van der Waals surface area contributed by atoms with Crippen LogP contribution in [-0.4, -0.2) is 60.2 Å². The highest BCUT2D eigenvalue weighted by molar-refractivity contribution is 5.97. The molecule has 0 saturated carbocycles. The van der Waals surface area contributed by atoms with Crippen LogP contribution in [0, 0.1) is 22.0 Å². The second-order valence-electron chi connectivity index (χ2n) is 10.3. The van der Waals surface area contributed by atoms with E-state index in [1.807, 2.05) is 0 Å². The molecule has 0 aliphatic carbocycles. The molecule has 2 atom stereocenters. The Morgan fingerprint density at radius 2 is 1.59 bits per heavy atom. The van der Waals surface area contributed by atoms with Gasteiger partial charge in [0.25, 0.3) is 5.69 Å². The van der Waals surface area contributed by atoms with Crippen molar-refractivity contribution >= 4 is 47.0 Å². The van der Waals surface area contributed by atoms with Gasteiger partial charge in [0.2, 0.25) is 17.7 Å². The molecule has 3 amide bonds. The largest absolute Gasteiger partial charge is 0.514 e. The predicted molar refractivity (Wildman–Crippen MR) is 163 cm³/mol. The van der Waals surface area contributed by atoms with Crippen molar-refractivity contribution in [1.82, 2.24) is 10.6 Å². The number of nitrogens with one attached hydrogen (secondary N) is 3. The first kappa shape index (κ1) is 36.6. The molecule has 246 valence electrons. The lowest BCUT2D eigenvalue weighted by molar-refractivity contribution is -0.384. The van der Waals surface area contributed by atoms with Gasteiger partial charge in [-0.3, -0.25) is 29.3 Å². The average molecular weight is 641 g/mol. The molecule has 2 rings (SSSR count). The Labute approximate surface area is 264 Å². The maximum atomic E-state index is 13.0. The second kappa shape index (κ2) is 18.3. The Morgan fingerprint density at radius 3 is 2.17 bits per heavy atom. The minimum atomic E-state index is -1.00. The number of amides is 3. The maximum Gasteiger partial charge on any atom is 0.514 e. The molecule has 2 aromatic rings. The number of hydrogen-bond acceptors (Lipinski definition) is 11. The second-order valence-corrected chi connectivity index (χ2v) is 10.3. The van der Waals surface area contributed by atoms with Gasteiger partial charge in [0.1, 0.15) is 12.4 Å². The number of rotatable bonds is 16. The number of anilines is 1. The summed E-state index contributed by atoms with van der Waals surface area (Å²) in [6, 6.07) is 10.5. The topological polar surface area (TPSA) is 209 Å². The number of carbonyl (C=O) groups excluding carboxylic acids is 6. The van der Waals surface area contributed by atoms with Crippen molar-refractivity contribution in [3.05, 3.63) is 76.4 Å². The standard InChI is InChI=1S/C31H36N4O11/c1-19(2)29(34-27(38)15-16-32-26(37)13-14-28(39)44-4)25(36)17-20(3)30(40)33-22-7-5-21(6-8-22)18-45-31(41)46-24-11-9-23(10-12-24)35(42)43/h5-14,19-20,29H,15-18H2,1-4H3,(H,32,37)(H,33,40)(H,34,38)/b14-13-/t20-,29+/m1/s1. The molecule has 3 N–H and O–H groups in total. The summed E-state index contributed by atoms with van der Waals surface area (Å²) in [5.41, 5.74) is 0.885. The number of esters is 1. The Balaban J connectivity index is 1.79. The number of hydrogen-bond donors (Lipinski definition) is 3. The smallest absolute Gasteiger partial charge is 0.466 e. The Hall–Kier alpha value is -5.60. The van der Waals surface area contributed by atoms with Crippen molar-refractivity contribution < 1.29 is 47.9 Å². The van der Waals surface area contributed by atoms with Crippen LogP contribution in [-0.2, 0) is 40.1 Å². The van der Waals surface area contributed by atoms with Crippen LogP contribution in [0.5, 0.6) is 5.75 Å². The van der Waals surface area contributed by atoms with Crippen LogP contribution < -0.4 is 20.7 Å². The number of methoxy groups -OCH3 is 1. The summed E-state index contributed by atoms with van der Waals surface area (Å²) in [5.74, 6) is -3.39. The van der Waals surface area contributed by atoms with E-state index in [1.165, 1.54) is 31.4 Å². The van der Waals surface area contributed by atoms with E-state index in [4.69, 9.17) is 9.47 Å². The number of nitro benzene ring substituents is 1. The van der Waals surface area contributed by atoms with Gasteiger partial charge in [0.15, 0.2) is 5.78 Å². The zero-order chi connectivity index (χ0) is 34.2. The number of ketones is 1. The quantitative estimate of drug-likeness (QED) is 0.0797. The Morgan fingerprint density at radius 1 is 0.935 bits per heavy atom. The van der Waals surface area contributed by atoms with E-state index in [1.54, 1.807) is 45.0 Å². The van der Waals surface area contributed by atoms with E-state index in [0.717, 1.165) is 12.2 Å². The molecule has 0 radical (unpaired) electrons. The number of benzene rings is 2. The molecule has 46 heavy (non-hydrogen) atoms. The summed E-state index contributed by atoms with van der Waals surface area (Å²) >= 11 is 0. The zero-order valence-corrected chi connectivity index (χ0v) is 25.8. The lowest BCUT2D eigenvalue weighted by atomic mass is 9.92. The van der Waals surface area contributed by atoms with Gasteiger partial charge in [-0.25, -0.2) is 9.59 Å². The molecule has 15 heteroatoms. The fraction of sp³-hybridized carbons (Fsp3) is 0.355. The molecule has 2 aromatic carbocycles. The van der Waals surface area contributed by atoms with Crippen LogP contribution in [0.15, 0.2) is 60.7 Å². The van der Waals surface area contributed by atoms with Crippen LogP contribution in [0.1, 0.15) is 39.2 Å². The molecule has 0 saturated heterocycles. The van der Waals surface area contributed by atoms with Crippen molar-refractivity contribution in [1.29, 1.82) is 0 Å². The first-order valence-corrected chi connectivity index (χ1v) is 14.1. The van der Waals surface area contributed by atoms with E-state index in [2.05, 4.69) is 20.7 Å². The fourth-order valence-electron chi connectivity index (χ4n) is 3.81. The molecule has 15 nitrogen and oxygen atoms in total. The monoisotopic (exact) mass is 640 g/mol. The average Bonchev–Trinajstić information content (AvgIpc) is 3.02. The molecule has 0 bridgehead atoms. The number of nitrogens with zero attached hydrogens (tertiary/aromatic N) is 1. The van der Waals surface area contributed by atoms with Gasteiger partial charge in [-0.05, 0) is 35.7 Å². The van der Waals surface area contributed by atoms with Gasteiger partial charge < -0.3 is 30.2 Å². The van der Waals surface area contributed by atoms with Gasteiger partial charge in [-0.15, -0.1) is 0 Å². The van der Waals surface area contributed by atoms with Crippen LogP contribution in [0.25, 0.3) is 0 Å². The minimum absolute atomic E-state index is 0.0226. The van der Waals surface area contributed by atoms with E-state index >= 15 is 0 Å². The van der Waals surface area contributed by atoms with Crippen molar-refractivity contribution in [2.75, 3.05) is 19.0 Å². The van der Waals surface area contributed by atoms with Crippen molar-refractivity contribution in [2.24, 2.45) is 11.8 Å². The molecule has 0 fully saturated rings. The fourth-order valence-corrected chi connectivity index (χ4v) is 3.81.